The quantitative estimate of drug-likeness (QED) is 0.133. The molecule has 49 heavy (non-hydrogen) atoms. The van der Waals surface area contributed by atoms with Gasteiger partial charge in [0.25, 0.3) is 0 Å². The summed E-state index contributed by atoms with van der Waals surface area (Å²) in [6.45, 7) is 5.05. The maximum Gasteiger partial charge on any atom is 0.113 e. The van der Waals surface area contributed by atoms with Crippen molar-refractivity contribution in [3.05, 3.63) is 170 Å². The summed E-state index contributed by atoms with van der Waals surface area (Å²) in [6, 6.07) is 63.6. The summed E-state index contributed by atoms with van der Waals surface area (Å²) in [4.78, 5) is 0. The summed E-state index contributed by atoms with van der Waals surface area (Å²) in [7, 11) is -1.91. The van der Waals surface area contributed by atoms with Gasteiger partial charge in [0.2, 0.25) is 0 Å². The maximum atomic E-state index is 2.59. The van der Waals surface area contributed by atoms with Crippen molar-refractivity contribution in [3.8, 4) is 44.5 Å². The molecular weight excluding hydrogens is 605 g/mol. The number of hydrogen-bond acceptors (Lipinski definition) is 0. The van der Waals surface area contributed by atoms with Crippen molar-refractivity contribution in [1.82, 2.24) is 0 Å². The Morgan fingerprint density at radius 1 is 0.306 bits per heavy atom. The van der Waals surface area contributed by atoms with Crippen molar-refractivity contribution < 1.29 is 0 Å². The Morgan fingerprint density at radius 3 is 1.51 bits per heavy atom. The van der Waals surface area contributed by atoms with E-state index in [0.29, 0.717) is 0 Å². The second-order valence-corrected chi connectivity index (χ2v) is 18.4. The van der Waals surface area contributed by atoms with E-state index in [0.717, 1.165) is 0 Å². The monoisotopic (exact) mass is 638 g/mol. The van der Waals surface area contributed by atoms with Gasteiger partial charge in [-0.3, -0.25) is 0 Å². The number of benzene rings is 9. The highest BCUT2D eigenvalue weighted by Gasteiger charge is 2.38. The third-order valence-electron chi connectivity index (χ3n) is 11.1. The van der Waals surface area contributed by atoms with Crippen LogP contribution in [0.4, 0.5) is 0 Å². The molecule has 0 aliphatic carbocycles. The van der Waals surface area contributed by atoms with E-state index in [1.165, 1.54) is 98.0 Å². The Morgan fingerprint density at radius 2 is 0.796 bits per heavy atom. The highest BCUT2D eigenvalue weighted by atomic mass is 28.3. The van der Waals surface area contributed by atoms with E-state index in [1.807, 2.05) is 0 Å². The van der Waals surface area contributed by atoms with Crippen LogP contribution in [0.2, 0.25) is 13.1 Å². The van der Waals surface area contributed by atoms with Crippen molar-refractivity contribution in [3.63, 3.8) is 0 Å². The highest BCUT2D eigenvalue weighted by molar-refractivity contribution is 7.04. The van der Waals surface area contributed by atoms with Crippen LogP contribution >= 0.6 is 0 Å². The first-order valence-electron chi connectivity index (χ1n) is 17.3. The van der Waals surface area contributed by atoms with Crippen LogP contribution in [0, 0.1) is 0 Å². The average Bonchev–Trinajstić information content (AvgIpc) is 3.38. The van der Waals surface area contributed by atoms with E-state index in [9.17, 15) is 0 Å². The molecule has 9 aromatic rings. The molecule has 1 aliphatic rings. The van der Waals surface area contributed by atoms with E-state index in [-0.39, 0.29) is 0 Å². The summed E-state index contributed by atoms with van der Waals surface area (Å²) in [5.41, 5.74) is 10.5. The molecule has 1 aliphatic heterocycles. The second-order valence-electron chi connectivity index (χ2n) is 14.0. The number of fused-ring (bicyclic) bond motifs is 7. The SMILES string of the molecule is C[Si]1(C)c2ccccc2-c2cc3c(-c4ccc(-c5cccc6ccccc56)cc4)c4ccccc4c(-c4cccc5ccccc45)c3cc21. The van der Waals surface area contributed by atoms with Gasteiger partial charge in [-0.15, -0.1) is 0 Å². The van der Waals surface area contributed by atoms with E-state index < -0.39 is 8.07 Å². The molecule has 0 radical (unpaired) electrons. The zero-order valence-electron chi connectivity index (χ0n) is 27.7. The second kappa shape index (κ2) is 10.6. The summed E-state index contributed by atoms with van der Waals surface area (Å²) in [5.74, 6) is 0. The molecule has 0 unspecified atom stereocenters. The zero-order chi connectivity index (χ0) is 32.7. The fraction of sp³-hybridized carbons (Fsp3) is 0.0417. The van der Waals surface area contributed by atoms with Crippen molar-refractivity contribution in [2.45, 2.75) is 13.1 Å². The van der Waals surface area contributed by atoms with Crippen LogP contribution in [0.5, 0.6) is 0 Å². The highest BCUT2D eigenvalue weighted by Crippen LogP contribution is 2.47. The van der Waals surface area contributed by atoms with Crippen molar-refractivity contribution in [2.75, 3.05) is 0 Å². The third-order valence-corrected chi connectivity index (χ3v) is 14.6. The third kappa shape index (κ3) is 4.16. The van der Waals surface area contributed by atoms with Crippen LogP contribution in [0.15, 0.2) is 170 Å². The van der Waals surface area contributed by atoms with Gasteiger partial charge in [-0.2, -0.15) is 0 Å². The largest absolute Gasteiger partial charge is 0.113 e. The number of rotatable bonds is 3. The van der Waals surface area contributed by atoms with Gasteiger partial charge in [-0.05, 0) is 104 Å². The van der Waals surface area contributed by atoms with Crippen LogP contribution in [-0.2, 0) is 0 Å². The first kappa shape index (κ1) is 28.3. The van der Waals surface area contributed by atoms with Crippen molar-refractivity contribution in [1.29, 1.82) is 0 Å². The maximum absolute atomic E-state index is 2.59. The van der Waals surface area contributed by atoms with Crippen LogP contribution in [0.1, 0.15) is 0 Å². The summed E-state index contributed by atoms with van der Waals surface area (Å²) in [6.07, 6.45) is 0. The Balaban J connectivity index is 1.31. The molecule has 9 aromatic carbocycles. The molecule has 0 fully saturated rings. The average molecular weight is 639 g/mol. The molecule has 0 atom stereocenters. The van der Waals surface area contributed by atoms with E-state index in [4.69, 9.17) is 0 Å². The Bertz CT molecular complexity index is 2770. The summed E-state index contributed by atoms with van der Waals surface area (Å²) >= 11 is 0. The zero-order valence-corrected chi connectivity index (χ0v) is 28.7. The lowest BCUT2D eigenvalue weighted by molar-refractivity contribution is 1.63. The predicted octanol–water partition coefficient (Wildman–Crippen LogP) is 12.1. The molecule has 1 heterocycles. The molecule has 0 saturated heterocycles. The minimum atomic E-state index is -1.91. The van der Waals surface area contributed by atoms with E-state index in [1.54, 1.807) is 0 Å². The first-order chi connectivity index (χ1) is 24.1. The van der Waals surface area contributed by atoms with Gasteiger partial charge >= 0.3 is 0 Å². The minimum absolute atomic E-state index is 1.24. The molecule has 0 aromatic heterocycles. The molecule has 230 valence electrons. The van der Waals surface area contributed by atoms with Crippen LogP contribution in [0.3, 0.4) is 0 Å². The molecule has 0 bridgehead atoms. The lowest BCUT2D eigenvalue weighted by Gasteiger charge is -2.23. The molecule has 10 rings (SSSR count). The molecule has 0 spiro atoms. The molecule has 0 saturated carbocycles. The summed E-state index contributed by atoms with van der Waals surface area (Å²) < 4.78 is 0. The Kier molecular flexibility index (Phi) is 6.13. The van der Waals surface area contributed by atoms with Gasteiger partial charge in [-0.1, -0.05) is 177 Å². The van der Waals surface area contributed by atoms with E-state index in [2.05, 4.69) is 183 Å². The van der Waals surface area contributed by atoms with Crippen LogP contribution in [0.25, 0.3) is 87.6 Å². The molecule has 0 amide bonds. The van der Waals surface area contributed by atoms with Gasteiger partial charge < -0.3 is 0 Å². The van der Waals surface area contributed by atoms with Gasteiger partial charge in [-0.25, -0.2) is 0 Å². The minimum Gasteiger partial charge on any atom is -0.0623 e. The van der Waals surface area contributed by atoms with Crippen LogP contribution in [-0.4, -0.2) is 8.07 Å². The summed E-state index contributed by atoms with van der Waals surface area (Å²) in [5, 5.41) is 13.5. The molecular formula is C48H34Si. The Hall–Kier alpha value is -5.76. The lowest BCUT2D eigenvalue weighted by atomic mass is 9.83. The topological polar surface area (TPSA) is 0 Å². The van der Waals surface area contributed by atoms with Gasteiger partial charge in [0.1, 0.15) is 8.07 Å². The van der Waals surface area contributed by atoms with Gasteiger partial charge in [0.15, 0.2) is 0 Å². The fourth-order valence-corrected chi connectivity index (χ4v) is 11.8. The predicted molar refractivity (Wildman–Crippen MR) is 215 cm³/mol. The Labute approximate surface area is 287 Å². The smallest absolute Gasteiger partial charge is 0.0623 e. The van der Waals surface area contributed by atoms with Gasteiger partial charge in [0.05, 0.1) is 0 Å². The number of hydrogen-bond donors (Lipinski definition) is 0. The van der Waals surface area contributed by atoms with Gasteiger partial charge in [0, 0.05) is 0 Å². The molecule has 1 heteroatoms. The standard InChI is InChI=1S/C48H34Si/c1-49(2)45-24-10-9-19-38(45)42-29-43-44(30-46(42)49)48(39-23-12-16-32-14-4-6-18-37(32)39)41-21-8-7-20-40(41)47(43)34-27-25-33(26-28-34)36-22-11-15-31-13-3-5-17-35(31)36/h3-30H,1-2H3. The van der Waals surface area contributed by atoms with Crippen molar-refractivity contribution in [2.24, 2.45) is 0 Å². The fourth-order valence-electron chi connectivity index (χ4n) is 8.71. The normalized spacial score (nSPS) is 13.3. The molecule has 0 N–H and O–H groups in total. The van der Waals surface area contributed by atoms with E-state index >= 15 is 0 Å². The van der Waals surface area contributed by atoms with Crippen molar-refractivity contribution >= 4 is 61.5 Å². The molecule has 0 nitrogen and oxygen atoms in total. The first-order valence-corrected chi connectivity index (χ1v) is 20.3. The lowest BCUT2D eigenvalue weighted by Crippen LogP contribution is -2.49. The van der Waals surface area contributed by atoms with Crippen LogP contribution < -0.4 is 10.4 Å².